The number of hydrogen-bond donors (Lipinski definition) is 1. The SMILES string of the molecule is C=C(/C=C\C=C/C)c1ccc2c(sc3ccccc32)c1Nc1cccc(/C=N/Cc2ccccc2)c1. The van der Waals surface area contributed by atoms with Gasteiger partial charge >= 0.3 is 0 Å². The minimum absolute atomic E-state index is 0.669. The molecule has 0 radical (unpaired) electrons. The van der Waals surface area contributed by atoms with Crippen LogP contribution in [0.1, 0.15) is 23.6 Å². The van der Waals surface area contributed by atoms with Crippen LogP contribution < -0.4 is 5.32 Å². The Labute approximate surface area is 216 Å². The van der Waals surface area contributed by atoms with Crippen molar-refractivity contribution in [3.8, 4) is 0 Å². The van der Waals surface area contributed by atoms with Crippen molar-refractivity contribution in [2.24, 2.45) is 4.99 Å². The molecule has 0 aliphatic rings. The predicted molar refractivity (Wildman–Crippen MR) is 160 cm³/mol. The summed E-state index contributed by atoms with van der Waals surface area (Å²) in [5, 5.41) is 6.27. The zero-order valence-corrected chi connectivity index (χ0v) is 21.1. The molecule has 2 nitrogen and oxygen atoms in total. The molecular formula is C33H28N2S. The van der Waals surface area contributed by atoms with Crippen LogP contribution in [0.25, 0.3) is 25.7 Å². The van der Waals surface area contributed by atoms with Crippen molar-refractivity contribution in [1.82, 2.24) is 0 Å². The normalized spacial score (nSPS) is 11.9. The molecule has 0 bridgehead atoms. The molecule has 1 heterocycles. The van der Waals surface area contributed by atoms with Crippen molar-refractivity contribution in [3.05, 3.63) is 139 Å². The molecule has 36 heavy (non-hydrogen) atoms. The fourth-order valence-electron chi connectivity index (χ4n) is 4.23. The number of aliphatic imine (C=N–C) groups is 1. The largest absolute Gasteiger partial charge is 0.354 e. The zero-order chi connectivity index (χ0) is 24.7. The minimum Gasteiger partial charge on any atom is -0.354 e. The molecule has 0 unspecified atom stereocenters. The van der Waals surface area contributed by atoms with Gasteiger partial charge in [-0.15, -0.1) is 11.3 Å². The number of benzene rings is 4. The molecule has 0 saturated carbocycles. The van der Waals surface area contributed by atoms with E-state index in [2.05, 4.69) is 95.8 Å². The van der Waals surface area contributed by atoms with Crippen LogP contribution in [0.15, 0.2) is 127 Å². The van der Waals surface area contributed by atoms with Crippen LogP contribution in [0.3, 0.4) is 0 Å². The number of allylic oxidation sites excluding steroid dienone is 5. The Morgan fingerprint density at radius 3 is 2.58 bits per heavy atom. The Bertz CT molecular complexity index is 1600. The van der Waals surface area contributed by atoms with E-state index in [9.17, 15) is 0 Å². The van der Waals surface area contributed by atoms with Crippen LogP contribution in [0, 0.1) is 0 Å². The fourth-order valence-corrected chi connectivity index (χ4v) is 5.44. The van der Waals surface area contributed by atoms with Gasteiger partial charge in [0.15, 0.2) is 0 Å². The Kier molecular flexibility index (Phi) is 7.20. The highest BCUT2D eigenvalue weighted by Crippen LogP contribution is 2.42. The molecule has 0 aliphatic heterocycles. The van der Waals surface area contributed by atoms with Crippen LogP contribution in [0.2, 0.25) is 0 Å². The molecule has 0 amide bonds. The molecule has 0 saturated heterocycles. The van der Waals surface area contributed by atoms with E-state index in [1.807, 2.05) is 60.9 Å². The van der Waals surface area contributed by atoms with Crippen molar-refractivity contribution in [1.29, 1.82) is 0 Å². The summed E-state index contributed by atoms with van der Waals surface area (Å²) in [5.41, 5.74) is 6.44. The van der Waals surface area contributed by atoms with E-state index in [4.69, 9.17) is 0 Å². The van der Waals surface area contributed by atoms with Gasteiger partial charge in [0.25, 0.3) is 0 Å². The molecule has 0 fully saturated rings. The molecule has 0 atom stereocenters. The number of hydrogen-bond acceptors (Lipinski definition) is 3. The summed E-state index contributed by atoms with van der Waals surface area (Å²) in [4.78, 5) is 4.65. The van der Waals surface area contributed by atoms with Gasteiger partial charge in [-0.3, -0.25) is 4.99 Å². The molecule has 3 heteroatoms. The van der Waals surface area contributed by atoms with Crippen LogP contribution in [0.5, 0.6) is 0 Å². The van der Waals surface area contributed by atoms with Gasteiger partial charge in [-0.05, 0) is 41.8 Å². The predicted octanol–water partition coefficient (Wildman–Crippen LogP) is 9.56. The third kappa shape index (κ3) is 5.22. The lowest BCUT2D eigenvalue weighted by atomic mass is 10.0. The summed E-state index contributed by atoms with van der Waals surface area (Å²) in [7, 11) is 0. The number of nitrogens with one attached hydrogen (secondary N) is 1. The Hall–Kier alpha value is -4.21. The van der Waals surface area contributed by atoms with Gasteiger partial charge < -0.3 is 5.32 Å². The van der Waals surface area contributed by atoms with Gasteiger partial charge in [0.05, 0.1) is 16.9 Å². The highest BCUT2D eigenvalue weighted by Gasteiger charge is 2.14. The first-order valence-corrected chi connectivity index (χ1v) is 12.9. The van der Waals surface area contributed by atoms with Gasteiger partial charge in [0, 0.05) is 32.9 Å². The molecule has 4 aromatic carbocycles. The molecular weight excluding hydrogens is 456 g/mol. The third-order valence-corrected chi connectivity index (χ3v) is 7.21. The number of fused-ring (bicyclic) bond motifs is 3. The molecule has 5 rings (SSSR count). The average molecular weight is 485 g/mol. The lowest BCUT2D eigenvalue weighted by Gasteiger charge is -2.14. The Morgan fingerprint density at radius 1 is 0.889 bits per heavy atom. The maximum absolute atomic E-state index is 4.65. The number of nitrogens with zero attached hydrogens (tertiary/aromatic N) is 1. The molecule has 0 aliphatic carbocycles. The number of anilines is 2. The van der Waals surface area contributed by atoms with E-state index in [0.717, 1.165) is 28.1 Å². The standard InChI is InChI=1S/C33H28N2S/c1-3-4-6-12-24(2)28-19-20-30-29-17-9-10-18-31(29)36-33(30)32(28)35-27-16-11-15-26(21-27)23-34-22-25-13-7-5-8-14-25/h3-21,23,35H,2,22H2,1H3/b4-3-,12-6-,34-23+. The second-order valence-corrected chi connectivity index (χ2v) is 9.63. The summed E-state index contributed by atoms with van der Waals surface area (Å²) in [6.07, 6.45) is 10.1. The van der Waals surface area contributed by atoms with Crippen LogP contribution >= 0.6 is 11.3 Å². The lowest BCUT2D eigenvalue weighted by molar-refractivity contribution is 1.08. The Balaban J connectivity index is 1.51. The smallest absolute Gasteiger partial charge is 0.0645 e. The molecule has 1 aromatic heterocycles. The second-order valence-electron chi connectivity index (χ2n) is 8.58. The van der Waals surface area contributed by atoms with Crippen molar-refractivity contribution >= 4 is 54.7 Å². The lowest BCUT2D eigenvalue weighted by Crippen LogP contribution is -1.96. The van der Waals surface area contributed by atoms with Gasteiger partial charge in [-0.1, -0.05) is 104 Å². The quantitative estimate of drug-likeness (QED) is 0.172. The first-order chi connectivity index (χ1) is 17.7. The first kappa shape index (κ1) is 23.5. The van der Waals surface area contributed by atoms with E-state index in [1.165, 1.54) is 25.7 Å². The molecule has 1 N–H and O–H groups in total. The summed E-state index contributed by atoms with van der Waals surface area (Å²) in [6, 6.07) is 31.7. The number of rotatable bonds is 8. The maximum Gasteiger partial charge on any atom is 0.0645 e. The maximum atomic E-state index is 4.65. The van der Waals surface area contributed by atoms with E-state index in [1.54, 1.807) is 0 Å². The monoisotopic (exact) mass is 484 g/mol. The van der Waals surface area contributed by atoms with Crippen molar-refractivity contribution in [2.45, 2.75) is 13.5 Å². The average Bonchev–Trinajstić information content (AvgIpc) is 3.29. The molecule has 5 aromatic rings. The van der Waals surface area contributed by atoms with Gasteiger partial charge in [0.2, 0.25) is 0 Å². The topological polar surface area (TPSA) is 24.4 Å². The van der Waals surface area contributed by atoms with Crippen LogP contribution in [0.4, 0.5) is 11.4 Å². The zero-order valence-electron chi connectivity index (χ0n) is 20.3. The highest BCUT2D eigenvalue weighted by molar-refractivity contribution is 7.26. The summed E-state index contributed by atoms with van der Waals surface area (Å²) >= 11 is 1.82. The van der Waals surface area contributed by atoms with Gasteiger partial charge in [-0.2, -0.15) is 0 Å². The van der Waals surface area contributed by atoms with Crippen molar-refractivity contribution in [3.63, 3.8) is 0 Å². The van der Waals surface area contributed by atoms with E-state index < -0.39 is 0 Å². The van der Waals surface area contributed by atoms with Crippen molar-refractivity contribution < 1.29 is 0 Å². The van der Waals surface area contributed by atoms with E-state index >= 15 is 0 Å². The van der Waals surface area contributed by atoms with Crippen LogP contribution in [-0.2, 0) is 6.54 Å². The van der Waals surface area contributed by atoms with Gasteiger partial charge in [-0.25, -0.2) is 0 Å². The van der Waals surface area contributed by atoms with Crippen molar-refractivity contribution in [2.75, 3.05) is 5.32 Å². The third-order valence-electron chi connectivity index (χ3n) is 6.01. The van der Waals surface area contributed by atoms with E-state index in [0.29, 0.717) is 6.54 Å². The summed E-state index contributed by atoms with van der Waals surface area (Å²) in [6.45, 7) is 7.05. The van der Waals surface area contributed by atoms with Gasteiger partial charge in [0.1, 0.15) is 0 Å². The molecule has 0 spiro atoms. The summed E-state index contributed by atoms with van der Waals surface area (Å²) < 4.78 is 2.52. The minimum atomic E-state index is 0.669. The van der Waals surface area contributed by atoms with Crippen LogP contribution in [-0.4, -0.2) is 6.21 Å². The van der Waals surface area contributed by atoms with E-state index in [-0.39, 0.29) is 0 Å². The summed E-state index contributed by atoms with van der Waals surface area (Å²) in [5.74, 6) is 0. The molecule has 176 valence electrons. The number of thiophene rings is 1. The fraction of sp³-hybridized carbons (Fsp3) is 0.0606. The highest BCUT2D eigenvalue weighted by atomic mass is 32.1. The second kappa shape index (κ2) is 11.0. The first-order valence-electron chi connectivity index (χ1n) is 12.1. The Morgan fingerprint density at radius 2 is 1.72 bits per heavy atom.